The van der Waals surface area contributed by atoms with Gasteiger partial charge in [0.25, 0.3) is 0 Å². The normalized spacial score (nSPS) is 29.1. The van der Waals surface area contributed by atoms with Gasteiger partial charge in [0.15, 0.2) is 18.9 Å². The number of amides is 1. The highest BCUT2D eigenvalue weighted by Crippen LogP contribution is 2.33. The first-order valence-corrected chi connectivity index (χ1v) is 34.1. The van der Waals surface area contributed by atoms with E-state index in [-0.39, 0.29) is 18.9 Å². The molecule has 85 heavy (non-hydrogen) atoms. The van der Waals surface area contributed by atoms with Gasteiger partial charge < -0.3 is 89.9 Å². The summed E-state index contributed by atoms with van der Waals surface area (Å²) in [6.45, 7) is 1.74. The number of unbranched alkanes of at least 4 members (excludes halogenated alkanes) is 34. The minimum Gasteiger partial charge on any atom is -0.394 e. The monoisotopic (exact) mass is 1220 g/mol. The molecule has 19 nitrogen and oxygen atoms in total. The standard InChI is InChI=1S/C66H123NO18/c1-3-5-7-9-11-13-15-17-19-20-21-22-23-24-25-26-27-28-30-31-33-35-37-39-41-43-50(71)49(67-54(72)44-42-40-38-36-34-32-29-18-16-14-12-10-8-6-4-2)48-80-64-60(78)57(75)62(52(46-69)82-64)85-66-61(79)58(76)63(53(47-70)83-66)84-65-59(77)56(74)55(73)51(45-68)81-65/h33,35,41,43,49-53,55-66,68-71,73-79H,3-32,34,36-40,42,44-48H2,1-2H3,(H,67,72)/b35-33+,43-41+. The number of rotatable bonds is 52. The van der Waals surface area contributed by atoms with Gasteiger partial charge in [0.05, 0.1) is 38.6 Å². The fourth-order valence-electron chi connectivity index (χ4n) is 11.7. The molecule has 0 aliphatic carbocycles. The molecule has 3 aliphatic heterocycles. The molecule has 3 heterocycles. The fraction of sp³-hybridized carbons (Fsp3) is 0.924. The van der Waals surface area contributed by atoms with Crippen molar-refractivity contribution in [3.8, 4) is 0 Å². The predicted molar refractivity (Wildman–Crippen MR) is 328 cm³/mol. The summed E-state index contributed by atoms with van der Waals surface area (Å²) in [5, 5.41) is 120. The molecule has 0 radical (unpaired) electrons. The van der Waals surface area contributed by atoms with Crippen LogP contribution in [0.1, 0.15) is 258 Å². The molecule has 0 saturated carbocycles. The van der Waals surface area contributed by atoms with E-state index in [9.17, 15) is 61.0 Å². The zero-order valence-electron chi connectivity index (χ0n) is 52.6. The summed E-state index contributed by atoms with van der Waals surface area (Å²) >= 11 is 0. The number of carbonyl (C=O) groups excluding carboxylic acids is 1. The lowest BCUT2D eigenvalue weighted by molar-refractivity contribution is -0.379. The quantitative estimate of drug-likeness (QED) is 0.0201. The van der Waals surface area contributed by atoms with E-state index in [1.54, 1.807) is 6.08 Å². The highest BCUT2D eigenvalue weighted by Gasteiger charge is 2.53. The molecule has 1 amide bonds. The van der Waals surface area contributed by atoms with E-state index in [2.05, 4.69) is 31.3 Å². The molecule has 3 saturated heterocycles. The first-order chi connectivity index (χ1) is 41.3. The van der Waals surface area contributed by atoms with Crippen LogP contribution in [0.15, 0.2) is 24.3 Å². The highest BCUT2D eigenvalue weighted by molar-refractivity contribution is 5.76. The number of ether oxygens (including phenoxy) is 6. The van der Waals surface area contributed by atoms with Gasteiger partial charge in [0, 0.05) is 6.42 Å². The summed E-state index contributed by atoms with van der Waals surface area (Å²) in [4.78, 5) is 13.4. The average molecular weight is 1220 g/mol. The molecule has 0 aromatic carbocycles. The first-order valence-electron chi connectivity index (χ1n) is 34.1. The van der Waals surface area contributed by atoms with Crippen LogP contribution in [0.25, 0.3) is 0 Å². The molecule has 0 spiro atoms. The summed E-state index contributed by atoms with van der Waals surface area (Å²) in [5.41, 5.74) is 0. The third kappa shape index (κ3) is 31.7. The van der Waals surface area contributed by atoms with E-state index >= 15 is 0 Å². The van der Waals surface area contributed by atoms with E-state index in [0.29, 0.717) is 12.8 Å². The molecule has 3 rings (SSSR count). The van der Waals surface area contributed by atoms with Crippen molar-refractivity contribution in [2.24, 2.45) is 0 Å². The van der Waals surface area contributed by atoms with Crippen molar-refractivity contribution in [1.29, 1.82) is 0 Å². The Labute approximate surface area is 511 Å². The summed E-state index contributed by atoms with van der Waals surface area (Å²) in [6, 6.07) is -0.986. The van der Waals surface area contributed by atoms with E-state index < -0.39 is 124 Å². The Morgan fingerprint density at radius 3 is 1.18 bits per heavy atom. The van der Waals surface area contributed by atoms with Gasteiger partial charge in [-0.15, -0.1) is 0 Å². The first kappa shape index (κ1) is 77.5. The van der Waals surface area contributed by atoms with Gasteiger partial charge in [-0.3, -0.25) is 4.79 Å². The predicted octanol–water partition coefficient (Wildman–Crippen LogP) is 8.27. The van der Waals surface area contributed by atoms with Gasteiger partial charge in [-0.2, -0.15) is 0 Å². The van der Waals surface area contributed by atoms with Crippen LogP contribution in [0.3, 0.4) is 0 Å². The Balaban J connectivity index is 1.45. The number of hydrogen-bond acceptors (Lipinski definition) is 18. The Kier molecular flexibility index (Phi) is 44.7. The Bertz CT molecular complexity index is 1640. The Hall–Kier alpha value is -1.73. The lowest BCUT2D eigenvalue weighted by Crippen LogP contribution is -2.66. The van der Waals surface area contributed by atoms with Crippen LogP contribution in [-0.4, -0.2) is 193 Å². The second-order valence-corrected chi connectivity index (χ2v) is 24.6. The molecule has 0 bridgehead atoms. The lowest BCUT2D eigenvalue weighted by Gasteiger charge is -2.48. The molecule has 17 atom stereocenters. The number of carbonyl (C=O) groups is 1. The van der Waals surface area contributed by atoms with Crippen molar-refractivity contribution in [3.05, 3.63) is 24.3 Å². The molecule has 0 aromatic heterocycles. The molecule has 12 N–H and O–H groups in total. The summed E-state index contributed by atoms with van der Waals surface area (Å²) in [6.07, 6.45) is 27.4. The van der Waals surface area contributed by atoms with Crippen LogP contribution in [0.5, 0.6) is 0 Å². The average Bonchev–Trinajstić information content (AvgIpc) is 3.19. The van der Waals surface area contributed by atoms with Crippen molar-refractivity contribution in [3.63, 3.8) is 0 Å². The SMILES string of the molecule is CCCCCCCCCCCCCCCCCCCCC/C=C/CC/C=C/C(O)C(COC1OC(CO)C(OC2OC(CO)C(OC3OC(CO)C(O)C(O)C3O)C(O)C2O)C(O)C1O)NC(=O)CCCCCCCCCCCCCCCCC. The van der Waals surface area contributed by atoms with Gasteiger partial charge in [0.2, 0.25) is 5.91 Å². The van der Waals surface area contributed by atoms with Gasteiger partial charge in [-0.25, -0.2) is 0 Å². The second-order valence-electron chi connectivity index (χ2n) is 24.6. The van der Waals surface area contributed by atoms with Crippen molar-refractivity contribution in [1.82, 2.24) is 5.32 Å². The number of aliphatic hydroxyl groups is 11. The van der Waals surface area contributed by atoms with Crippen LogP contribution in [0, 0.1) is 0 Å². The highest BCUT2D eigenvalue weighted by atomic mass is 16.8. The van der Waals surface area contributed by atoms with Crippen molar-refractivity contribution in [2.45, 2.75) is 362 Å². The molecular weight excluding hydrogens is 1090 g/mol. The second kappa shape index (κ2) is 49.0. The minimum absolute atomic E-state index is 0.240. The van der Waals surface area contributed by atoms with Crippen LogP contribution in [-0.2, 0) is 33.2 Å². The van der Waals surface area contributed by atoms with Gasteiger partial charge in [-0.05, 0) is 32.1 Å². The topological polar surface area (TPSA) is 307 Å². The van der Waals surface area contributed by atoms with Crippen LogP contribution < -0.4 is 5.32 Å². The van der Waals surface area contributed by atoms with E-state index in [4.69, 9.17) is 28.4 Å². The van der Waals surface area contributed by atoms with Gasteiger partial charge in [-0.1, -0.05) is 244 Å². The van der Waals surface area contributed by atoms with Crippen LogP contribution in [0.4, 0.5) is 0 Å². The number of nitrogens with one attached hydrogen (secondary N) is 1. The number of allylic oxidation sites excluding steroid dienone is 3. The minimum atomic E-state index is -1.98. The molecule has 500 valence electrons. The third-order valence-corrected chi connectivity index (χ3v) is 17.3. The van der Waals surface area contributed by atoms with E-state index in [0.717, 1.165) is 38.5 Å². The van der Waals surface area contributed by atoms with Crippen molar-refractivity contribution in [2.75, 3.05) is 26.4 Å². The van der Waals surface area contributed by atoms with Gasteiger partial charge >= 0.3 is 0 Å². The summed E-state index contributed by atoms with van der Waals surface area (Å²) in [7, 11) is 0. The molecular formula is C66H123NO18. The number of hydrogen-bond donors (Lipinski definition) is 12. The molecule has 0 aromatic rings. The van der Waals surface area contributed by atoms with E-state index in [1.165, 1.54) is 186 Å². The fourth-order valence-corrected chi connectivity index (χ4v) is 11.7. The van der Waals surface area contributed by atoms with Crippen LogP contribution >= 0.6 is 0 Å². The van der Waals surface area contributed by atoms with Crippen molar-refractivity contribution < 1.29 is 89.4 Å². The molecule has 19 heteroatoms. The maximum absolute atomic E-state index is 13.4. The maximum Gasteiger partial charge on any atom is 0.220 e. The summed E-state index contributed by atoms with van der Waals surface area (Å²) < 4.78 is 34.3. The Morgan fingerprint density at radius 1 is 0.412 bits per heavy atom. The zero-order valence-corrected chi connectivity index (χ0v) is 52.6. The molecule has 3 aliphatic rings. The number of aliphatic hydroxyl groups excluding tert-OH is 11. The molecule has 17 unspecified atom stereocenters. The smallest absolute Gasteiger partial charge is 0.220 e. The largest absolute Gasteiger partial charge is 0.394 e. The van der Waals surface area contributed by atoms with Crippen molar-refractivity contribution >= 4 is 5.91 Å². The lowest BCUT2D eigenvalue weighted by atomic mass is 9.96. The van der Waals surface area contributed by atoms with E-state index in [1.807, 2.05) is 6.08 Å². The summed E-state index contributed by atoms with van der Waals surface area (Å²) in [5.74, 6) is -0.282. The molecule has 3 fully saturated rings. The van der Waals surface area contributed by atoms with Crippen LogP contribution in [0.2, 0.25) is 0 Å². The zero-order chi connectivity index (χ0) is 61.9. The Morgan fingerprint density at radius 2 is 0.753 bits per heavy atom. The maximum atomic E-state index is 13.4. The third-order valence-electron chi connectivity index (χ3n) is 17.3. The van der Waals surface area contributed by atoms with Gasteiger partial charge in [0.1, 0.15) is 73.2 Å².